The minimum atomic E-state index is -6.00. The molecule has 0 aliphatic rings. The van der Waals surface area contributed by atoms with Crippen LogP contribution >= 0.6 is 0 Å². The van der Waals surface area contributed by atoms with Crippen LogP contribution in [0.4, 0.5) is 17.3 Å². The summed E-state index contributed by atoms with van der Waals surface area (Å²) in [4.78, 5) is 12.7. The number of unbranched alkanes of at least 4 members (excludes halogenated alkanes) is 3. The zero-order valence-corrected chi connectivity index (χ0v) is 20.2. The standard InChI is InChI=1S/C26H38NO.BF4/c1-4-7-19-27(20-8-5-2,21-9-6-3)22-23-15-17-25(18-16-23)26(28)24-13-11-10-12-14-24;2-1(3,4)5/h10-18H,4-9,19-22H2,1-3H3;/q+1;-1. The van der Waals surface area contributed by atoms with Crippen LogP contribution in [-0.4, -0.2) is 37.2 Å². The number of carbonyl (C=O) groups is 1. The van der Waals surface area contributed by atoms with Crippen molar-refractivity contribution in [3.05, 3.63) is 71.3 Å². The number of rotatable bonds is 13. The average molecular weight is 467 g/mol. The summed E-state index contributed by atoms with van der Waals surface area (Å²) in [5, 5.41) is 0. The first-order valence-corrected chi connectivity index (χ1v) is 12.0. The Morgan fingerprint density at radius 2 is 1.09 bits per heavy atom. The monoisotopic (exact) mass is 467 g/mol. The molecule has 7 heteroatoms. The molecule has 0 unspecified atom stereocenters. The summed E-state index contributed by atoms with van der Waals surface area (Å²) in [6.45, 7) is 11.7. The SMILES string of the molecule is CCCC[N+](CCCC)(CCCC)Cc1ccc(C(=O)c2ccccc2)cc1.F[B-](F)(F)F. The Morgan fingerprint density at radius 1 is 0.697 bits per heavy atom. The largest absolute Gasteiger partial charge is 0.673 e. The number of hydrogen-bond donors (Lipinski definition) is 0. The summed E-state index contributed by atoms with van der Waals surface area (Å²) >= 11 is 0. The fourth-order valence-electron chi connectivity index (χ4n) is 3.96. The second-order valence-electron chi connectivity index (χ2n) is 8.62. The highest BCUT2D eigenvalue weighted by atomic mass is 19.5. The Hall–Kier alpha value is -2.15. The Morgan fingerprint density at radius 3 is 1.48 bits per heavy atom. The summed E-state index contributed by atoms with van der Waals surface area (Å²) < 4.78 is 40.2. The first-order valence-electron chi connectivity index (χ1n) is 12.0. The highest BCUT2D eigenvalue weighted by molar-refractivity contribution is 6.50. The van der Waals surface area contributed by atoms with E-state index in [1.54, 1.807) is 0 Å². The molecule has 0 atom stereocenters. The lowest BCUT2D eigenvalue weighted by Gasteiger charge is -2.39. The normalized spacial score (nSPS) is 11.6. The molecule has 0 aromatic heterocycles. The van der Waals surface area contributed by atoms with Crippen molar-refractivity contribution in [1.29, 1.82) is 0 Å². The van der Waals surface area contributed by atoms with Crippen LogP contribution in [0.2, 0.25) is 0 Å². The van der Waals surface area contributed by atoms with E-state index in [2.05, 4.69) is 32.9 Å². The highest BCUT2D eigenvalue weighted by Gasteiger charge is 2.26. The summed E-state index contributed by atoms with van der Waals surface area (Å²) in [6.07, 6.45) is 7.63. The number of benzene rings is 2. The van der Waals surface area contributed by atoms with Gasteiger partial charge < -0.3 is 21.7 Å². The maximum atomic E-state index is 12.7. The molecule has 0 spiro atoms. The van der Waals surface area contributed by atoms with E-state index in [1.807, 2.05) is 42.5 Å². The molecule has 0 aliphatic heterocycles. The van der Waals surface area contributed by atoms with Gasteiger partial charge in [0, 0.05) is 16.7 Å². The van der Waals surface area contributed by atoms with Crippen molar-refractivity contribution in [3.63, 3.8) is 0 Å². The van der Waals surface area contributed by atoms with Gasteiger partial charge in [0.05, 0.1) is 19.6 Å². The molecule has 2 aromatic carbocycles. The molecule has 184 valence electrons. The van der Waals surface area contributed by atoms with Gasteiger partial charge in [0.2, 0.25) is 0 Å². The first-order chi connectivity index (χ1) is 15.6. The summed E-state index contributed by atoms with van der Waals surface area (Å²) in [6, 6.07) is 17.9. The van der Waals surface area contributed by atoms with Crippen molar-refractivity contribution in [2.45, 2.75) is 65.8 Å². The smallest absolute Gasteiger partial charge is 0.418 e. The van der Waals surface area contributed by atoms with Crippen LogP contribution in [0.1, 0.15) is 80.8 Å². The minimum Gasteiger partial charge on any atom is -0.418 e. The molecule has 2 aromatic rings. The van der Waals surface area contributed by atoms with Crippen molar-refractivity contribution in [3.8, 4) is 0 Å². The van der Waals surface area contributed by atoms with Crippen LogP contribution in [-0.2, 0) is 6.54 Å². The maximum Gasteiger partial charge on any atom is 0.673 e. The Kier molecular flexibility index (Phi) is 13.0. The Bertz CT molecular complexity index is 766. The van der Waals surface area contributed by atoms with Crippen LogP contribution in [0, 0.1) is 0 Å². The summed E-state index contributed by atoms with van der Waals surface area (Å²) in [5.74, 6) is 0.107. The van der Waals surface area contributed by atoms with Crippen LogP contribution < -0.4 is 0 Å². The van der Waals surface area contributed by atoms with Crippen molar-refractivity contribution in [2.75, 3.05) is 19.6 Å². The van der Waals surface area contributed by atoms with E-state index >= 15 is 0 Å². The van der Waals surface area contributed by atoms with Crippen molar-refractivity contribution < 1.29 is 26.5 Å². The molecule has 0 saturated carbocycles. The molecule has 0 bridgehead atoms. The lowest BCUT2D eigenvalue weighted by molar-refractivity contribution is -0.941. The number of nitrogens with zero attached hydrogens (tertiary/aromatic N) is 1. The predicted octanol–water partition coefficient (Wildman–Crippen LogP) is 7.93. The van der Waals surface area contributed by atoms with Crippen LogP contribution in [0.15, 0.2) is 54.6 Å². The fraction of sp³-hybridized carbons (Fsp3) is 0.500. The van der Waals surface area contributed by atoms with Crippen molar-refractivity contribution >= 4 is 13.0 Å². The van der Waals surface area contributed by atoms with E-state index < -0.39 is 7.25 Å². The van der Waals surface area contributed by atoms with Gasteiger partial charge in [0.25, 0.3) is 0 Å². The highest BCUT2D eigenvalue weighted by Crippen LogP contribution is 2.21. The lowest BCUT2D eigenvalue weighted by Crippen LogP contribution is -2.49. The number of halogens is 4. The van der Waals surface area contributed by atoms with E-state index in [0.717, 1.165) is 17.7 Å². The van der Waals surface area contributed by atoms with Gasteiger partial charge in [-0.15, -0.1) is 0 Å². The zero-order chi connectivity index (χ0) is 24.7. The topological polar surface area (TPSA) is 17.1 Å². The molecule has 0 heterocycles. The molecule has 33 heavy (non-hydrogen) atoms. The first kappa shape index (κ1) is 28.9. The minimum absolute atomic E-state index is 0.107. The molecule has 2 rings (SSSR count). The van der Waals surface area contributed by atoms with Gasteiger partial charge in [-0.2, -0.15) is 0 Å². The second-order valence-corrected chi connectivity index (χ2v) is 8.62. The summed E-state index contributed by atoms with van der Waals surface area (Å²) in [7, 11) is -6.00. The third-order valence-corrected chi connectivity index (χ3v) is 5.73. The van der Waals surface area contributed by atoms with Crippen LogP contribution in [0.25, 0.3) is 0 Å². The molecular formula is C26H38BF4NO. The molecule has 2 nitrogen and oxygen atoms in total. The quantitative estimate of drug-likeness (QED) is 0.127. The fourth-order valence-corrected chi connectivity index (χ4v) is 3.96. The van der Waals surface area contributed by atoms with E-state index in [1.165, 1.54) is 68.2 Å². The number of carbonyl (C=O) groups excluding carboxylic acids is 1. The van der Waals surface area contributed by atoms with Gasteiger partial charge >= 0.3 is 7.25 Å². The van der Waals surface area contributed by atoms with Gasteiger partial charge in [-0.25, -0.2) is 0 Å². The number of quaternary nitrogens is 1. The number of hydrogen-bond acceptors (Lipinski definition) is 1. The van der Waals surface area contributed by atoms with E-state index in [0.29, 0.717) is 0 Å². The molecule has 0 N–H and O–H groups in total. The third-order valence-electron chi connectivity index (χ3n) is 5.73. The van der Waals surface area contributed by atoms with Gasteiger partial charge in [-0.1, -0.05) is 94.6 Å². The maximum absolute atomic E-state index is 12.7. The average Bonchev–Trinajstić information content (AvgIpc) is 2.79. The molecule has 0 saturated heterocycles. The zero-order valence-electron chi connectivity index (χ0n) is 20.2. The Labute approximate surface area is 196 Å². The molecule has 0 aliphatic carbocycles. The van der Waals surface area contributed by atoms with E-state index in [4.69, 9.17) is 0 Å². The molecule has 0 fully saturated rings. The molecule has 0 radical (unpaired) electrons. The van der Waals surface area contributed by atoms with Crippen molar-refractivity contribution in [1.82, 2.24) is 0 Å². The lowest BCUT2D eigenvalue weighted by atomic mass is 10.0. The van der Waals surface area contributed by atoms with Gasteiger partial charge in [0.1, 0.15) is 6.54 Å². The van der Waals surface area contributed by atoms with Gasteiger partial charge in [-0.05, 0) is 19.3 Å². The van der Waals surface area contributed by atoms with Crippen LogP contribution in [0.5, 0.6) is 0 Å². The van der Waals surface area contributed by atoms with E-state index in [9.17, 15) is 22.1 Å². The third kappa shape index (κ3) is 12.0. The van der Waals surface area contributed by atoms with Gasteiger partial charge in [0.15, 0.2) is 5.78 Å². The van der Waals surface area contributed by atoms with Crippen LogP contribution in [0.3, 0.4) is 0 Å². The summed E-state index contributed by atoms with van der Waals surface area (Å²) in [5.41, 5.74) is 2.89. The predicted molar refractivity (Wildman–Crippen MR) is 130 cm³/mol. The Balaban J connectivity index is 0.000000981. The van der Waals surface area contributed by atoms with E-state index in [-0.39, 0.29) is 5.78 Å². The second kappa shape index (κ2) is 14.9. The number of ketones is 1. The van der Waals surface area contributed by atoms with Gasteiger partial charge in [-0.3, -0.25) is 4.79 Å². The molecular weight excluding hydrogens is 429 g/mol. The van der Waals surface area contributed by atoms with Crippen molar-refractivity contribution in [2.24, 2.45) is 0 Å². The molecule has 0 amide bonds.